The van der Waals surface area contributed by atoms with Gasteiger partial charge >= 0.3 is 0 Å². The van der Waals surface area contributed by atoms with Gasteiger partial charge in [-0.3, -0.25) is 9.69 Å². The van der Waals surface area contributed by atoms with Crippen LogP contribution in [0.1, 0.15) is 31.3 Å². The summed E-state index contributed by atoms with van der Waals surface area (Å²) in [6, 6.07) is 9.51. The molecule has 0 bridgehead atoms. The highest BCUT2D eigenvalue weighted by atomic mass is 16.5. The van der Waals surface area contributed by atoms with Crippen molar-refractivity contribution in [2.45, 2.75) is 32.5 Å². The standard InChI is InChI=1S/C17H21NO3/c1-12-9-18(11-17(2,3)21-12)10-14(19)16-8-13-6-4-5-7-15(13)20-16/h4-8,12H,9-11H2,1-3H3. The third-order valence-corrected chi connectivity index (χ3v) is 3.71. The first-order valence-electron chi connectivity index (χ1n) is 7.35. The normalized spacial score (nSPS) is 22.5. The van der Waals surface area contributed by atoms with Crippen molar-refractivity contribution in [3.8, 4) is 0 Å². The number of hydrogen-bond donors (Lipinski definition) is 0. The molecule has 1 atom stereocenters. The number of ketones is 1. The zero-order valence-electron chi connectivity index (χ0n) is 12.8. The van der Waals surface area contributed by atoms with Gasteiger partial charge in [-0.05, 0) is 32.9 Å². The average molecular weight is 287 g/mol. The van der Waals surface area contributed by atoms with E-state index < -0.39 is 0 Å². The molecule has 21 heavy (non-hydrogen) atoms. The van der Waals surface area contributed by atoms with E-state index in [1.807, 2.05) is 37.3 Å². The van der Waals surface area contributed by atoms with E-state index in [1.54, 1.807) is 0 Å². The van der Waals surface area contributed by atoms with Gasteiger partial charge in [0.15, 0.2) is 5.76 Å². The molecule has 1 aliphatic heterocycles. The fourth-order valence-electron chi connectivity index (χ4n) is 3.11. The molecule has 1 saturated heterocycles. The summed E-state index contributed by atoms with van der Waals surface area (Å²) in [5, 5.41) is 0.969. The number of Topliss-reactive ketones (excluding diaryl/α,β-unsaturated/α-hetero) is 1. The molecule has 1 aromatic heterocycles. The summed E-state index contributed by atoms with van der Waals surface area (Å²) in [5.41, 5.74) is 0.544. The third kappa shape index (κ3) is 3.17. The zero-order valence-corrected chi connectivity index (χ0v) is 12.8. The van der Waals surface area contributed by atoms with Crippen molar-refractivity contribution < 1.29 is 13.9 Å². The molecule has 0 saturated carbocycles. The van der Waals surface area contributed by atoms with Crippen LogP contribution in [0.4, 0.5) is 0 Å². The number of rotatable bonds is 3. The molecule has 4 nitrogen and oxygen atoms in total. The van der Waals surface area contributed by atoms with E-state index in [-0.39, 0.29) is 17.5 Å². The van der Waals surface area contributed by atoms with Gasteiger partial charge in [0.05, 0.1) is 18.2 Å². The Morgan fingerprint density at radius 1 is 1.38 bits per heavy atom. The Morgan fingerprint density at radius 2 is 2.14 bits per heavy atom. The van der Waals surface area contributed by atoms with Crippen LogP contribution in [-0.4, -0.2) is 42.0 Å². The summed E-state index contributed by atoms with van der Waals surface area (Å²) in [6.07, 6.45) is 0.136. The SMILES string of the molecule is CC1CN(CC(=O)c2cc3ccccc3o2)CC(C)(C)O1. The smallest absolute Gasteiger partial charge is 0.211 e. The summed E-state index contributed by atoms with van der Waals surface area (Å²) >= 11 is 0. The van der Waals surface area contributed by atoms with Gasteiger partial charge in [0.25, 0.3) is 0 Å². The molecule has 0 spiro atoms. The fourth-order valence-corrected chi connectivity index (χ4v) is 3.11. The van der Waals surface area contributed by atoms with Crippen LogP contribution in [0.3, 0.4) is 0 Å². The molecule has 1 aromatic carbocycles. The van der Waals surface area contributed by atoms with Crippen molar-refractivity contribution in [2.24, 2.45) is 0 Å². The van der Waals surface area contributed by atoms with Crippen LogP contribution in [0.2, 0.25) is 0 Å². The molecule has 0 amide bonds. The Hall–Kier alpha value is -1.65. The maximum atomic E-state index is 12.4. The molecule has 3 rings (SSSR count). The van der Waals surface area contributed by atoms with Crippen LogP contribution in [-0.2, 0) is 4.74 Å². The Bertz CT molecular complexity index is 626. The van der Waals surface area contributed by atoms with Gasteiger partial charge in [-0.25, -0.2) is 0 Å². The van der Waals surface area contributed by atoms with Crippen LogP contribution in [0.5, 0.6) is 0 Å². The first kappa shape index (κ1) is 14.3. The van der Waals surface area contributed by atoms with Gasteiger partial charge in [-0.15, -0.1) is 0 Å². The minimum Gasteiger partial charge on any atom is -0.453 e. The highest BCUT2D eigenvalue weighted by Gasteiger charge is 2.32. The number of fused-ring (bicyclic) bond motifs is 1. The predicted octanol–water partition coefficient (Wildman–Crippen LogP) is 3.11. The molecule has 1 unspecified atom stereocenters. The quantitative estimate of drug-likeness (QED) is 0.814. The van der Waals surface area contributed by atoms with E-state index in [9.17, 15) is 4.79 Å². The molecule has 112 valence electrons. The Labute approximate surface area is 124 Å². The van der Waals surface area contributed by atoms with Crippen LogP contribution in [0.25, 0.3) is 11.0 Å². The van der Waals surface area contributed by atoms with E-state index in [2.05, 4.69) is 18.7 Å². The third-order valence-electron chi connectivity index (χ3n) is 3.71. The predicted molar refractivity (Wildman–Crippen MR) is 81.6 cm³/mol. The number of hydrogen-bond acceptors (Lipinski definition) is 4. The number of para-hydroxylation sites is 1. The van der Waals surface area contributed by atoms with Gasteiger partial charge in [-0.2, -0.15) is 0 Å². The molecule has 1 aliphatic rings. The summed E-state index contributed by atoms with van der Waals surface area (Å²) in [4.78, 5) is 14.6. The van der Waals surface area contributed by atoms with Crippen LogP contribution < -0.4 is 0 Å². The van der Waals surface area contributed by atoms with Crippen LogP contribution >= 0.6 is 0 Å². The Morgan fingerprint density at radius 3 is 2.86 bits per heavy atom. The number of benzene rings is 1. The average Bonchev–Trinajstić information content (AvgIpc) is 2.79. The number of carbonyl (C=O) groups is 1. The zero-order chi connectivity index (χ0) is 15.0. The van der Waals surface area contributed by atoms with Crippen LogP contribution in [0.15, 0.2) is 34.7 Å². The highest BCUT2D eigenvalue weighted by Crippen LogP contribution is 2.22. The molecule has 2 heterocycles. The molecule has 1 fully saturated rings. The first-order chi connectivity index (χ1) is 9.93. The van der Waals surface area contributed by atoms with Crippen molar-refractivity contribution in [1.82, 2.24) is 4.90 Å². The van der Waals surface area contributed by atoms with Crippen molar-refractivity contribution in [3.05, 3.63) is 36.1 Å². The molecule has 0 aliphatic carbocycles. The largest absolute Gasteiger partial charge is 0.453 e. The van der Waals surface area contributed by atoms with E-state index in [1.165, 1.54) is 0 Å². The van der Waals surface area contributed by atoms with E-state index >= 15 is 0 Å². The molecule has 4 heteroatoms. The fraction of sp³-hybridized carbons (Fsp3) is 0.471. The van der Waals surface area contributed by atoms with Gasteiger partial charge in [0, 0.05) is 18.5 Å². The minimum atomic E-state index is -0.216. The molecule has 0 radical (unpaired) electrons. The summed E-state index contributed by atoms with van der Waals surface area (Å²) < 4.78 is 11.5. The van der Waals surface area contributed by atoms with Gasteiger partial charge < -0.3 is 9.15 Å². The second-order valence-electron chi connectivity index (χ2n) is 6.43. The number of morpholine rings is 1. The lowest BCUT2D eigenvalue weighted by atomic mass is 10.1. The Balaban J connectivity index is 1.73. The van der Waals surface area contributed by atoms with E-state index in [0.29, 0.717) is 12.3 Å². The Kier molecular flexibility index (Phi) is 3.59. The first-order valence-corrected chi connectivity index (χ1v) is 7.35. The van der Waals surface area contributed by atoms with Crippen LogP contribution in [0, 0.1) is 0 Å². The van der Waals surface area contributed by atoms with Crippen molar-refractivity contribution in [3.63, 3.8) is 0 Å². The monoisotopic (exact) mass is 287 g/mol. The minimum absolute atomic E-state index is 0.0242. The lowest BCUT2D eigenvalue weighted by Gasteiger charge is -2.41. The summed E-state index contributed by atoms with van der Waals surface area (Å²) in [5.74, 6) is 0.462. The molecular weight excluding hydrogens is 266 g/mol. The number of ether oxygens (including phenoxy) is 1. The highest BCUT2D eigenvalue weighted by molar-refractivity contribution is 5.98. The lowest BCUT2D eigenvalue weighted by molar-refractivity contribution is -0.126. The van der Waals surface area contributed by atoms with Gasteiger partial charge in [0.1, 0.15) is 5.58 Å². The summed E-state index contributed by atoms with van der Waals surface area (Å²) in [6.45, 7) is 8.05. The van der Waals surface area contributed by atoms with E-state index in [4.69, 9.17) is 9.15 Å². The number of carbonyl (C=O) groups excluding carboxylic acids is 1. The summed E-state index contributed by atoms with van der Waals surface area (Å²) in [7, 11) is 0. The molecule has 0 N–H and O–H groups in total. The maximum absolute atomic E-state index is 12.4. The number of nitrogens with zero attached hydrogens (tertiary/aromatic N) is 1. The maximum Gasteiger partial charge on any atom is 0.211 e. The van der Waals surface area contributed by atoms with Gasteiger partial charge in [-0.1, -0.05) is 18.2 Å². The van der Waals surface area contributed by atoms with Crippen molar-refractivity contribution in [2.75, 3.05) is 19.6 Å². The van der Waals surface area contributed by atoms with Gasteiger partial charge in [0.2, 0.25) is 5.78 Å². The second-order valence-corrected chi connectivity index (χ2v) is 6.43. The lowest BCUT2D eigenvalue weighted by Crippen LogP contribution is -2.53. The van der Waals surface area contributed by atoms with Crippen molar-refractivity contribution >= 4 is 16.8 Å². The molecule has 2 aromatic rings. The number of furan rings is 1. The topological polar surface area (TPSA) is 42.7 Å². The molecular formula is C17H21NO3. The second kappa shape index (κ2) is 5.28. The van der Waals surface area contributed by atoms with Crippen molar-refractivity contribution in [1.29, 1.82) is 0 Å². The van der Waals surface area contributed by atoms with E-state index in [0.717, 1.165) is 24.1 Å².